The molecule has 2 heterocycles. The fraction of sp³-hybridized carbons (Fsp3) is 0.667. The predicted octanol–water partition coefficient (Wildman–Crippen LogP) is 0.920. The van der Waals surface area contributed by atoms with Crippen LogP contribution in [0.4, 0.5) is 0 Å². The molecule has 1 aromatic rings. The third-order valence-corrected chi connectivity index (χ3v) is 4.44. The molecule has 138 valence electrons. The van der Waals surface area contributed by atoms with Crippen molar-refractivity contribution in [2.24, 2.45) is 16.8 Å². The van der Waals surface area contributed by atoms with Gasteiger partial charge in [0.05, 0.1) is 12.9 Å². The van der Waals surface area contributed by atoms with Crippen LogP contribution in [0.3, 0.4) is 0 Å². The van der Waals surface area contributed by atoms with Crippen LogP contribution in [-0.2, 0) is 16.0 Å². The number of ether oxygens (including phenoxy) is 1. The van der Waals surface area contributed by atoms with Gasteiger partial charge in [-0.3, -0.25) is 9.79 Å². The molecule has 1 aromatic heterocycles. The van der Waals surface area contributed by atoms with Crippen LogP contribution in [0.15, 0.2) is 27.8 Å². The lowest BCUT2D eigenvalue weighted by Gasteiger charge is -2.14. The maximum atomic E-state index is 11.6. The van der Waals surface area contributed by atoms with Crippen molar-refractivity contribution in [3.05, 3.63) is 24.2 Å². The van der Waals surface area contributed by atoms with Gasteiger partial charge < -0.3 is 25.1 Å². The van der Waals surface area contributed by atoms with Crippen molar-refractivity contribution >= 4 is 11.9 Å². The number of hydrogen-bond acceptors (Lipinski definition) is 4. The van der Waals surface area contributed by atoms with Gasteiger partial charge in [-0.2, -0.15) is 0 Å². The van der Waals surface area contributed by atoms with Gasteiger partial charge >= 0.3 is 0 Å². The Hall–Kier alpha value is -2.02. The lowest BCUT2D eigenvalue weighted by Crippen LogP contribution is -2.42. The molecule has 3 N–H and O–H groups in total. The molecule has 3 rings (SSSR count). The number of rotatable bonds is 9. The number of carbonyl (C=O) groups excluding carboxylic acids is 1. The number of nitrogens with zero attached hydrogens (tertiary/aromatic N) is 1. The topological polar surface area (TPSA) is 87.9 Å². The van der Waals surface area contributed by atoms with E-state index in [2.05, 4.69) is 20.9 Å². The second-order valence-corrected chi connectivity index (χ2v) is 6.67. The summed E-state index contributed by atoms with van der Waals surface area (Å²) in [5.41, 5.74) is 0. The van der Waals surface area contributed by atoms with Gasteiger partial charge in [-0.05, 0) is 31.4 Å². The molecule has 2 aliphatic rings. The summed E-state index contributed by atoms with van der Waals surface area (Å²) in [6.45, 7) is 4.40. The highest BCUT2D eigenvalue weighted by molar-refractivity contribution is 5.81. The van der Waals surface area contributed by atoms with E-state index in [0.29, 0.717) is 19.0 Å². The van der Waals surface area contributed by atoms with Crippen molar-refractivity contribution < 1.29 is 13.9 Å². The van der Waals surface area contributed by atoms with Crippen molar-refractivity contribution in [3.8, 4) is 0 Å². The van der Waals surface area contributed by atoms with E-state index in [1.807, 2.05) is 12.1 Å². The van der Waals surface area contributed by atoms with Gasteiger partial charge in [0, 0.05) is 51.0 Å². The minimum absolute atomic E-state index is 0.175. The van der Waals surface area contributed by atoms with Gasteiger partial charge in [0.1, 0.15) is 5.76 Å². The van der Waals surface area contributed by atoms with Crippen LogP contribution in [0.5, 0.6) is 0 Å². The largest absolute Gasteiger partial charge is 0.469 e. The number of hydrogen-bond donors (Lipinski definition) is 3. The zero-order valence-electron chi connectivity index (χ0n) is 14.6. The molecule has 0 aromatic carbocycles. The first-order chi connectivity index (χ1) is 12.3. The molecule has 25 heavy (non-hydrogen) atoms. The summed E-state index contributed by atoms with van der Waals surface area (Å²) in [6.07, 6.45) is 5.62. The minimum Gasteiger partial charge on any atom is -0.469 e. The summed E-state index contributed by atoms with van der Waals surface area (Å²) >= 11 is 0. The van der Waals surface area contributed by atoms with Crippen molar-refractivity contribution in [3.63, 3.8) is 0 Å². The van der Waals surface area contributed by atoms with E-state index >= 15 is 0 Å². The summed E-state index contributed by atoms with van der Waals surface area (Å²) in [7, 11) is 0. The monoisotopic (exact) mass is 348 g/mol. The highest BCUT2D eigenvalue weighted by Gasteiger charge is 2.28. The van der Waals surface area contributed by atoms with Crippen LogP contribution in [0, 0.1) is 11.8 Å². The number of furan rings is 1. The molecule has 2 fully saturated rings. The maximum absolute atomic E-state index is 11.6. The normalized spacial score (nSPS) is 20.5. The van der Waals surface area contributed by atoms with Crippen LogP contribution < -0.4 is 16.0 Å². The molecule has 1 aliphatic heterocycles. The Balaban J connectivity index is 1.39. The smallest absolute Gasteiger partial charge is 0.223 e. The lowest BCUT2D eigenvalue weighted by atomic mass is 10.1. The van der Waals surface area contributed by atoms with Gasteiger partial charge in [0.15, 0.2) is 5.96 Å². The summed E-state index contributed by atoms with van der Waals surface area (Å²) in [5, 5.41) is 9.58. The van der Waals surface area contributed by atoms with Crippen LogP contribution in [0.25, 0.3) is 0 Å². The van der Waals surface area contributed by atoms with Crippen molar-refractivity contribution in [2.75, 3.05) is 39.4 Å². The molecule has 1 amide bonds. The number of amides is 1. The van der Waals surface area contributed by atoms with E-state index < -0.39 is 0 Å². The standard InChI is InChI=1S/C18H28N4O3/c23-17(15-3-4-15)19-8-9-21-18(22-12-14-6-11-24-13-14)20-7-5-16-2-1-10-25-16/h1-2,10,14-15H,3-9,11-13H2,(H,19,23)(H2,20,21,22). The Morgan fingerprint density at radius 2 is 2.00 bits per heavy atom. The summed E-state index contributed by atoms with van der Waals surface area (Å²) in [6, 6.07) is 3.86. The van der Waals surface area contributed by atoms with E-state index in [1.165, 1.54) is 0 Å². The first-order valence-corrected chi connectivity index (χ1v) is 9.21. The molecular formula is C18H28N4O3. The van der Waals surface area contributed by atoms with E-state index in [1.54, 1.807) is 6.26 Å². The first-order valence-electron chi connectivity index (χ1n) is 9.21. The summed E-state index contributed by atoms with van der Waals surface area (Å²) < 4.78 is 10.7. The number of aliphatic imine (C=N–C) groups is 1. The van der Waals surface area contributed by atoms with Gasteiger partial charge in [-0.25, -0.2) is 0 Å². The van der Waals surface area contributed by atoms with E-state index in [-0.39, 0.29) is 11.8 Å². The van der Waals surface area contributed by atoms with Crippen LogP contribution in [-0.4, -0.2) is 51.3 Å². The third kappa shape index (κ3) is 6.42. The van der Waals surface area contributed by atoms with Crippen LogP contribution >= 0.6 is 0 Å². The maximum Gasteiger partial charge on any atom is 0.223 e. The molecule has 1 unspecified atom stereocenters. The van der Waals surface area contributed by atoms with Crippen molar-refractivity contribution in [2.45, 2.75) is 25.7 Å². The molecule has 1 saturated carbocycles. The van der Waals surface area contributed by atoms with Crippen LogP contribution in [0.1, 0.15) is 25.0 Å². The van der Waals surface area contributed by atoms with Crippen molar-refractivity contribution in [1.82, 2.24) is 16.0 Å². The lowest BCUT2D eigenvalue weighted by molar-refractivity contribution is -0.122. The Labute approximate surface area is 148 Å². The number of guanidine groups is 1. The first kappa shape index (κ1) is 17.8. The molecule has 7 nitrogen and oxygen atoms in total. The zero-order valence-corrected chi connectivity index (χ0v) is 14.6. The van der Waals surface area contributed by atoms with Crippen molar-refractivity contribution in [1.29, 1.82) is 0 Å². The highest BCUT2D eigenvalue weighted by Crippen LogP contribution is 2.28. The fourth-order valence-corrected chi connectivity index (χ4v) is 2.74. The number of carbonyl (C=O) groups is 1. The van der Waals surface area contributed by atoms with Crippen LogP contribution in [0.2, 0.25) is 0 Å². The predicted molar refractivity (Wildman–Crippen MR) is 95.4 cm³/mol. The Morgan fingerprint density at radius 1 is 1.16 bits per heavy atom. The molecule has 1 saturated heterocycles. The quantitative estimate of drug-likeness (QED) is 0.351. The second kappa shape index (κ2) is 9.46. The molecule has 0 spiro atoms. The van der Waals surface area contributed by atoms with Gasteiger partial charge in [0.2, 0.25) is 5.91 Å². The average Bonchev–Trinajstić information content (AvgIpc) is 3.10. The molecule has 0 bridgehead atoms. The fourth-order valence-electron chi connectivity index (χ4n) is 2.74. The SMILES string of the molecule is O=C(NCCNC(=NCC1CCOC1)NCCc1ccco1)C1CC1. The van der Waals surface area contributed by atoms with Gasteiger partial charge in [0.25, 0.3) is 0 Å². The molecule has 1 aliphatic carbocycles. The Bertz CT molecular complexity index is 549. The third-order valence-electron chi connectivity index (χ3n) is 4.44. The average molecular weight is 348 g/mol. The summed E-state index contributed by atoms with van der Waals surface area (Å²) in [5.74, 6) is 2.65. The molecule has 0 radical (unpaired) electrons. The molecule has 7 heteroatoms. The molecule has 1 atom stereocenters. The van der Waals surface area contributed by atoms with E-state index in [4.69, 9.17) is 9.15 Å². The Morgan fingerprint density at radius 3 is 2.72 bits per heavy atom. The summed E-state index contributed by atoms with van der Waals surface area (Å²) in [4.78, 5) is 16.3. The minimum atomic E-state index is 0.175. The van der Waals surface area contributed by atoms with Gasteiger partial charge in [-0.15, -0.1) is 0 Å². The van der Waals surface area contributed by atoms with E-state index in [9.17, 15) is 4.79 Å². The molecular weight excluding hydrogens is 320 g/mol. The zero-order chi connectivity index (χ0) is 17.3. The van der Waals surface area contributed by atoms with Gasteiger partial charge in [-0.1, -0.05) is 0 Å². The highest BCUT2D eigenvalue weighted by atomic mass is 16.5. The number of nitrogens with one attached hydrogen (secondary N) is 3. The second-order valence-electron chi connectivity index (χ2n) is 6.67. The Kier molecular flexibility index (Phi) is 6.73. The van der Waals surface area contributed by atoms with E-state index in [0.717, 1.165) is 63.7 Å².